The fourth-order valence-corrected chi connectivity index (χ4v) is 2.02. The van der Waals surface area contributed by atoms with Crippen LogP contribution in [0.15, 0.2) is 42.5 Å². The van der Waals surface area contributed by atoms with Gasteiger partial charge in [-0.15, -0.1) is 0 Å². The Kier molecular flexibility index (Phi) is 3.33. The predicted octanol–water partition coefficient (Wildman–Crippen LogP) is 4.03. The molecule has 0 aliphatic carbocycles. The van der Waals surface area contributed by atoms with Crippen LogP contribution >= 0.6 is 0 Å². The molecule has 0 unspecified atom stereocenters. The van der Waals surface area contributed by atoms with E-state index in [1.54, 1.807) is 12.1 Å². The van der Waals surface area contributed by atoms with Crippen molar-refractivity contribution in [2.75, 3.05) is 0 Å². The Labute approximate surface area is 106 Å². The van der Waals surface area contributed by atoms with Gasteiger partial charge >= 0.3 is 6.16 Å². The molecule has 0 atom stereocenters. The second-order valence-electron chi connectivity index (χ2n) is 4.13. The van der Waals surface area contributed by atoms with E-state index in [9.17, 15) is 4.79 Å². The topological polar surface area (TPSA) is 46.5 Å². The van der Waals surface area contributed by atoms with E-state index in [0.29, 0.717) is 5.75 Å². The fraction of sp³-hybridized carbons (Fsp3) is 0.133. The number of benzene rings is 2. The Balaban J connectivity index is 2.62. The van der Waals surface area contributed by atoms with E-state index >= 15 is 0 Å². The summed E-state index contributed by atoms with van der Waals surface area (Å²) in [5.41, 5.74) is 3.90. The van der Waals surface area contributed by atoms with Gasteiger partial charge in [-0.05, 0) is 36.6 Å². The zero-order chi connectivity index (χ0) is 13.1. The van der Waals surface area contributed by atoms with Crippen LogP contribution < -0.4 is 4.74 Å². The summed E-state index contributed by atoms with van der Waals surface area (Å²) in [5.74, 6) is 0.372. The van der Waals surface area contributed by atoms with Gasteiger partial charge in [0.05, 0.1) is 0 Å². The molecule has 0 aliphatic heterocycles. The summed E-state index contributed by atoms with van der Waals surface area (Å²) in [6, 6.07) is 13.2. The zero-order valence-electron chi connectivity index (χ0n) is 10.3. The SMILES string of the molecule is Cc1ccccc1-c1c(C)cccc1OC(=O)O. The molecule has 0 spiro atoms. The van der Waals surface area contributed by atoms with Gasteiger partial charge in [-0.1, -0.05) is 36.4 Å². The quantitative estimate of drug-likeness (QED) is 0.639. The minimum atomic E-state index is -1.30. The molecule has 1 N–H and O–H groups in total. The van der Waals surface area contributed by atoms with Gasteiger partial charge in [-0.3, -0.25) is 0 Å². The van der Waals surface area contributed by atoms with Gasteiger partial charge in [0.25, 0.3) is 0 Å². The number of carbonyl (C=O) groups is 1. The van der Waals surface area contributed by atoms with Crippen molar-refractivity contribution in [3.8, 4) is 16.9 Å². The van der Waals surface area contributed by atoms with Gasteiger partial charge in [-0.2, -0.15) is 0 Å². The Morgan fingerprint density at radius 2 is 1.67 bits per heavy atom. The Bertz CT molecular complexity index is 588. The molecule has 3 heteroatoms. The van der Waals surface area contributed by atoms with Crippen LogP contribution in [-0.4, -0.2) is 11.3 Å². The molecule has 0 bridgehead atoms. The molecule has 0 radical (unpaired) electrons. The first-order chi connectivity index (χ1) is 8.59. The summed E-state index contributed by atoms with van der Waals surface area (Å²) < 4.78 is 4.85. The van der Waals surface area contributed by atoms with Gasteiger partial charge in [-0.25, -0.2) is 4.79 Å². The summed E-state index contributed by atoms with van der Waals surface area (Å²) in [6.07, 6.45) is -1.30. The maximum atomic E-state index is 10.7. The van der Waals surface area contributed by atoms with E-state index in [4.69, 9.17) is 9.84 Å². The van der Waals surface area contributed by atoms with Crippen molar-refractivity contribution in [1.29, 1.82) is 0 Å². The van der Waals surface area contributed by atoms with Crippen molar-refractivity contribution in [1.82, 2.24) is 0 Å². The van der Waals surface area contributed by atoms with Crippen LogP contribution in [0, 0.1) is 13.8 Å². The van der Waals surface area contributed by atoms with Crippen LogP contribution in [0.3, 0.4) is 0 Å². The second kappa shape index (κ2) is 4.92. The molecule has 92 valence electrons. The van der Waals surface area contributed by atoms with E-state index < -0.39 is 6.16 Å². The number of aryl methyl sites for hydroxylation is 2. The third kappa shape index (κ3) is 2.35. The molecule has 0 amide bonds. The number of hydrogen-bond donors (Lipinski definition) is 1. The lowest BCUT2D eigenvalue weighted by Gasteiger charge is -2.13. The van der Waals surface area contributed by atoms with Gasteiger partial charge in [0.2, 0.25) is 0 Å². The highest BCUT2D eigenvalue weighted by Crippen LogP contribution is 2.35. The normalized spacial score (nSPS) is 10.1. The number of ether oxygens (including phenoxy) is 1. The minimum Gasteiger partial charge on any atom is -0.449 e. The lowest BCUT2D eigenvalue weighted by atomic mass is 9.96. The molecule has 0 aliphatic rings. The molecule has 2 aromatic carbocycles. The number of carboxylic acid groups (broad SMARTS) is 1. The van der Waals surface area contributed by atoms with Gasteiger partial charge in [0, 0.05) is 5.56 Å². The zero-order valence-corrected chi connectivity index (χ0v) is 10.3. The first-order valence-electron chi connectivity index (χ1n) is 5.66. The number of rotatable bonds is 2. The molecular formula is C15H14O3. The highest BCUT2D eigenvalue weighted by Gasteiger charge is 2.13. The maximum Gasteiger partial charge on any atom is 0.511 e. The van der Waals surface area contributed by atoms with E-state index in [1.807, 2.05) is 44.2 Å². The Morgan fingerprint density at radius 1 is 1.00 bits per heavy atom. The van der Waals surface area contributed by atoms with Crippen LogP contribution in [-0.2, 0) is 0 Å². The van der Waals surface area contributed by atoms with Crippen LogP contribution in [0.25, 0.3) is 11.1 Å². The van der Waals surface area contributed by atoms with Crippen LogP contribution in [0.1, 0.15) is 11.1 Å². The predicted molar refractivity (Wildman–Crippen MR) is 70.0 cm³/mol. The summed E-state index contributed by atoms with van der Waals surface area (Å²) in [6.45, 7) is 3.93. The van der Waals surface area contributed by atoms with Crippen molar-refractivity contribution in [2.45, 2.75) is 13.8 Å². The first-order valence-corrected chi connectivity index (χ1v) is 5.66. The van der Waals surface area contributed by atoms with Crippen LogP contribution in [0.4, 0.5) is 4.79 Å². The summed E-state index contributed by atoms with van der Waals surface area (Å²) in [4.78, 5) is 10.7. The molecule has 0 saturated carbocycles. The smallest absolute Gasteiger partial charge is 0.449 e. The van der Waals surface area contributed by atoms with E-state index in [0.717, 1.165) is 22.3 Å². The molecule has 0 saturated heterocycles. The highest BCUT2D eigenvalue weighted by atomic mass is 16.7. The molecule has 0 heterocycles. The summed E-state index contributed by atoms with van der Waals surface area (Å²) >= 11 is 0. The molecule has 18 heavy (non-hydrogen) atoms. The standard InChI is InChI=1S/C15H14O3/c1-10-6-3-4-8-12(10)14-11(2)7-5-9-13(14)18-15(16)17/h3-9H,1-2H3,(H,16,17). The fourth-order valence-electron chi connectivity index (χ4n) is 2.02. The van der Waals surface area contributed by atoms with Crippen molar-refractivity contribution < 1.29 is 14.6 Å². The van der Waals surface area contributed by atoms with Crippen molar-refractivity contribution in [3.63, 3.8) is 0 Å². The van der Waals surface area contributed by atoms with Crippen molar-refractivity contribution >= 4 is 6.16 Å². The van der Waals surface area contributed by atoms with Crippen molar-refractivity contribution in [2.24, 2.45) is 0 Å². The summed E-state index contributed by atoms with van der Waals surface area (Å²) in [5, 5.41) is 8.78. The number of hydrogen-bond acceptors (Lipinski definition) is 2. The molecular weight excluding hydrogens is 228 g/mol. The lowest BCUT2D eigenvalue weighted by Crippen LogP contribution is -2.05. The third-order valence-corrected chi connectivity index (χ3v) is 2.85. The molecule has 2 aromatic rings. The van der Waals surface area contributed by atoms with E-state index in [-0.39, 0.29) is 0 Å². The minimum absolute atomic E-state index is 0.372. The first kappa shape index (κ1) is 12.2. The van der Waals surface area contributed by atoms with Gasteiger partial charge in [0.15, 0.2) is 0 Å². The monoisotopic (exact) mass is 242 g/mol. The third-order valence-electron chi connectivity index (χ3n) is 2.85. The van der Waals surface area contributed by atoms with Crippen LogP contribution in [0.2, 0.25) is 0 Å². The Hall–Kier alpha value is -2.29. The average Bonchev–Trinajstić information content (AvgIpc) is 2.30. The average molecular weight is 242 g/mol. The second-order valence-corrected chi connectivity index (χ2v) is 4.13. The van der Waals surface area contributed by atoms with Crippen molar-refractivity contribution in [3.05, 3.63) is 53.6 Å². The summed E-state index contributed by atoms with van der Waals surface area (Å²) in [7, 11) is 0. The van der Waals surface area contributed by atoms with Crippen LogP contribution in [0.5, 0.6) is 5.75 Å². The Morgan fingerprint density at radius 3 is 2.33 bits per heavy atom. The molecule has 3 nitrogen and oxygen atoms in total. The van der Waals surface area contributed by atoms with E-state index in [1.165, 1.54) is 0 Å². The largest absolute Gasteiger partial charge is 0.511 e. The van der Waals surface area contributed by atoms with Gasteiger partial charge < -0.3 is 9.84 Å². The lowest BCUT2D eigenvalue weighted by molar-refractivity contribution is 0.144. The molecule has 0 fully saturated rings. The van der Waals surface area contributed by atoms with E-state index in [2.05, 4.69) is 0 Å². The molecule has 0 aromatic heterocycles. The highest BCUT2D eigenvalue weighted by molar-refractivity contribution is 5.78. The maximum absolute atomic E-state index is 10.7. The van der Waals surface area contributed by atoms with Gasteiger partial charge in [0.1, 0.15) is 5.75 Å². The molecule has 2 rings (SSSR count).